The summed E-state index contributed by atoms with van der Waals surface area (Å²) in [6, 6.07) is 7.94. The fourth-order valence-electron chi connectivity index (χ4n) is 2.48. The van der Waals surface area contributed by atoms with Crippen LogP contribution in [0.5, 0.6) is 0 Å². The van der Waals surface area contributed by atoms with Gasteiger partial charge in [0.2, 0.25) is 11.9 Å². The molecule has 1 aromatic heterocycles. The Morgan fingerprint density at radius 1 is 1.30 bits per heavy atom. The molecular weight excluding hydrogens is 292 g/mol. The van der Waals surface area contributed by atoms with Crippen molar-refractivity contribution in [3.8, 4) is 0 Å². The average Bonchev–Trinajstić information content (AvgIpc) is 2.89. The van der Waals surface area contributed by atoms with E-state index in [1.54, 1.807) is 0 Å². The molecule has 0 unspecified atom stereocenters. The number of benzene rings is 1. The van der Waals surface area contributed by atoms with Crippen LogP contribution >= 0.6 is 0 Å². The fraction of sp³-hybridized carbons (Fsp3) is 0.529. The van der Waals surface area contributed by atoms with E-state index >= 15 is 0 Å². The van der Waals surface area contributed by atoms with Crippen LogP contribution in [0.25, 0.3) is 11.0 Å². The molecule has 6 heteroatoms. The van der Waals surface area contributed by atoms with Gasteiger partial charge in [-0.15, -0.1) is 0 Å². The van der Waals surface area contributed by atoms with E-state index in [1.165, 1.54) is 0 Å². The van der Waals surface area contributed by atoms with Gasteiger partial charge < -0.3 is 14.6 Å². The van der Waals surface area contributed by atoms with Crippen LogP contribution in [-0.4, -0.2) is 42.3 Å². The molecule has 0 aliphatic heterocycles. The molecule has 0 radical (unpaired) electrons. The number of imidazole rings is 1. The standard InChI is InChI=1S/C17H26N4O2/c1-3-23-13-7-12-21-15-9-5-4-8-14(15)19-17(21)20-16(22)10-6-11-18-2/h4-5,8-9,18H,3,6-7,10-13H2,1-2H3,(H,19,20,22). The lowest BCUT2D eigenvalue weighted by Gasteiger charge is -2.10. The van der Waals surface area contributed by atoms with Crippen molar-refractivity contribution in [2.24, 2.45) is 0 Å². The number of rotatable bonds is 10. The second-order valence-electron chi connectivity index (χ2n) is 5.38. The Kier molecular flexibility index (Phi) is 7.03. The lowest BCUT2D eigenvalue weighted by molar-refractivity contribution is -0.116. The van der Waals surface area contributed by atoms with Gasteiger partial charge in [0.05, 0.1) is 11.0 Å². The molecular formula is C17H26N4O2. The minimum atomic E-state index is 0.00149. The number of carbonyl (C=O) groups is 1. The minimum absolute atomic E-state index is 0.00149. The zero-order chi connectivity index (χ0) is 16.5. The Labute approximate surface area is 137 Å². The summed E-state index contributed by atoms with van der Waals surface area (Å²) in [6.07, 6.45) is 2.19. The van der Waals surface area contributed by atoms with Crippen LogP contribution < -0.4 is 10.6 Å². The highest BCUT2D eigenvalue weighted by Gasteiger charge is 2.12. The summed E-state index contributed by atoms with van der Waals surface area (Å²) in [5, 5.41) is 5.99. The number of para-hydroxylation sites is 2. The molecule has 1 heterocycles. The van der Waals surface area contributed by atoms with Crippen LogP contribution in [0, 0.1) is 0 Å². The summed E-state index contributed by atoms with van der Waals surface area (Å²) < 4.78 is 7.46. The quantitative estimate of drug-likeness (QED) is 0.660. The first kappa shape index (κ1) is 17.4. The summed E-state index contributed by atoms with van der Waals surface area (Å²) >= 11 is 0. The average molecular weight is 318 g/mol. The van der Waals surface area contributed by atoms with Gasteiger partial charge in [-0.2, -0.15) is 0 Å². The van der Waals surface area contributed by atoms with Gasteiger partial charge in [-0.25, -0.2) is 4.98 Å². The number of fused-ring (bicyclic) bond motifs is 1. The predicted molar refractivity (Wildman–Crippen MR) is 92.6 cm³/mol. The van der Waals surface area contributed by atoms with Gasteiger partial charge in [0.25, 0.3) is 0 Å². The highest BCUT2D eigenvalue weighted by atomic mass is 16.5. The Morgan fingerprint density at radius 3 is 2.91 bits per heavy atom. The smallest absolute Gasteiger partial charge is 0.226 e. The summed E-state index contributed by atoms with van der Waals surface area (Å²) in [6.45, 7) is 5.02. The third-order valence-corrected chi connectivity index (χ3v) is 3.61. The monoisotopic (exact) mass is 318 g/mol. The normalized spacial score (nSPS) is 11.0. The summed E-state index contributed by atoms with van der Waals surface area (Å²) in [4.78, 5) is 16.6. The molecule has 0 aliphatic rings. The SMILES string of the molecule is CCOCCCn1c(NC(=O)CCCNC)nc2ccccc21. The minimum Gasteiger partial charge on any atom is -0.382 e. The zero-order valence-corrected chi connectivity index (χ0v) is 14.0. The van der Waals surface area contributed by atoms with Crippen LogP contribution in [0.4, 0.5) is 5.95 Å². The molecule has 0 atom stereocenters. The van der Waals surface area contributed by atoms with Gasteiger partial charge in [-0.05, 0) is 45.5 Å². The van der Waals surface area contributed by atoms with Crippen molar-refractivity contribution in [2.45, 2.75) is 32.7 Å². The van der Waals surface area contributed by atoms with Crippen LogP contribution in [-0.2, 0) is 16.1 Å². The number of aryl methyl sites for hydroxylation is 1. The molecule has 1 amide bonds. The second-order valence-corrected chi connectivity index (χ2v) is 5.38. The van der Waals surface area contributed by atoms with E-state index in [-0.39, 0.29) is 5.91 Å². The van der Waals surface area contributed by atoms with Crippen LogP contribution in [0.1, 0.15) is 26.2 Å². The molecule has 126 valence electrons. The lowest BCUT2D eigenvalue weighted by Crippen LogP contribution is -2.18. The molecule has 2 aromatic rings. The first-order valence-electron chi connectivity index (χ1n) is 8.23. The molecule has 1 aromatic carbocycles. The van der Waals surface area contributed by atoms with E-state index in [2.05, 4.69) is 20.2 Å². The Hall–Kier alpha value is -1.92. The van der Waals surface area contributed by atoms with E-state index in [1.807, 2.05) is 38.2 Å². The van der Waals surface area contributed by atoms with Gasteiger partial charge in [0.1, 0.15) is 0 Å². The van der Waals surface area contributed by atoms with Crippen molar-refractivity contribution in [1.82, 2.24) is 14.9 Å². The van der Waals surface area contributed by atoms with E-state index in [0.29, 0.717) is 19.0 Å². The summed E-state index contributed by atoms with van der Waals surface area (Å²) in [5.74, 6) is 0.624. The van der Waals surface area contributed by atoms with Crippen LogP contribution in [0.2, 0.25) is 0 Å². The van der Waals surface area contributed by atoms with Gasteiger partial charge in [-0.1, -0.05) is 12.1 Å². The molecule has 0 bridgehead atoms. The number of hydrogen-bond acceptors (Lipinski definition) is 4. The molecule has 6 nitrogen and oxygen atoms in total. The largest absolute Gasteiger partial charge is 0.382 e. The number of nitrogens with one attached hydrogen (secondary N) is 2. The highest BCUT2D eigenvalue weighted by Crippen LogP contribution is 2.20. The van der Waals surface area contributed by atoms with Crippen molar-refractivity contribution in [2.75, 3.05) is 32.1 Å². The number of nitrogens with zero attached hydrogens (tertiary/aromatic N) is 2. The van der Waals surface area contributed by atoms with Crippen molar-refractivity contribution >= 4 is 22.9 Å². The Bertz CT molecular complexity index is 624. The van der Waals surface area contributed by atoms with Crippen LogP contribution in [0.15, 0.2) is 24.3 Å². The van der Waals surface area contributed by atoms with Gasteiger partial charge in [0, 0.05) is 26.2 Å². The number of anilines is 1. The number of hydrogen-bond donors (Lipinski definition) is 2. The molecule has 0 saturated carbocycles. The number of aromatic nitrogens is 2. The molecule has 23 heavy (non-hydrogen) atoms. The first-order chi connectivity index (χ1) is 11.3. The van der Waals surface area contributed by atoms with E-state index < -0.39 is 0 Å². The van der Waals surface area contributed by atoms with Crippen LogP contribution in [0.3, 0.4) is 0 Å². The third-order valence-electron chi connectivity index (χ3n) is 3.61. The number of ether oxygens (including phenoxy) is 1. The Balaban J connectivity index is 2.08. The van der Waals surface area contributed by atoms with Gasteiger partial charge in [-0.3, -0.25) is 10.1 Å². The first-order valence-corrected chi connectivity index (χ1v) is 8.23. The predicted octanol–water partition coefficient (Wildman–Crippen LogP) is 2.40. The second kappa shape index (κ2) is 9.27. The van der Waals surface area contributed by atoms with Crippen molar-refractivity contribution in [3.05, 3.63) is 24.3 Å². The Morgan fingerprint density at radius 2 is 2.13 bits per heavy atom. The van der Waals surface area contributed by atoms with Gasteiger partial charge >= 0.3 is 0 Å². The highest BCUT2D eigenvalue weighted by molar-refractivity contribution is 5.91. The molecule has 0 fully saturated rings. The van der Waals surface area contributed by atoms with Gasteiger partial charge in [0.15, 0.2) is 0 Å². The third kappa shape index (κ3) is 5.04. The van der Waals surface area contributed by atoms with Crippen molar-refractivity contribution in [3.63, 3.8) is 0 Å². The molecule has 0 saturated heterocycles. The van der Waals surface area contributed by atoms with E-state index in [0.717, 1.165) is 43.6 Å². The maximum Gasteiger partial charge on any atom is 0.226 e. The molecule has 2 N–H and O–H groups in total. The maximum absolute atomic E-state index is 12.1. The fourth-order valence-corrected chi connectivity index (χ4v) is 2.48. The topological polar surface area (TPSA) is 68.2 Å². The number of carbonyl (C=O) groups excluding carboxylic acids is 1. The number of amides is 1. The van der Waals surface area contributed by atoms with E-state index in [4.69, 9.17) is 4.74 Å². The molecule has 2 rings (SSSR count). The summed E-state index contributed by atoms with van der Waals surface area (Å²) in [5.41, 5.74) is 1.93. The van der Waals surface area contributed by atoms with Crippen molar-refractivity contribution < 1.29 is 9.53 Å². The van der Waals surface area contributed by atoms with E-state index in [9.17, 15) is 4.79 Å². The van der Waals surface area contributed by atoms with Crippen molar-refractivity contribution in [1.29, 1.82) is 0 Å². The molecule has 0 spiro atoms. The lowest BCUT2D eigenvalue weighted by atomic mass is 10.3. The summed E-state index contributed by atoms with van der Waals surface area (Å²) in [7, 11) is 1.88. The maximum atomic E-state index is 12.1. The zero-order valence-electron chi connectivity index (χ0n) is 14.0. The molecule has 0 aliphatic carbocycles.